The van der Waals surface area contributed by atoms with Gasteiger partial charge in [-0.15, -0.1) is 0 Å². The van der Waals surface area contributed by atoms with Gasteiger partial charge in [0.05, 0.1) is 6.10 Å². The van der Waals surface area contributed by atoms with E-state index in [2.05, 4.69) is 20.8 Å². The topological polar surface area (TPSA) is 20.2 Å². The summed E-state index contributed by atoms with van der Waals surface area (Å²) in [7, 11) is 0. The van der Waals surface area contributed by atoms with Crippen molar-refractivity contribution in [2.45, 2.75) is 40.2 Å². The van der Waals surface area contributed by atoms with Crippen molar-refractivity contribution in [2.75, 3.05) is 0 Å². The Morgan fingerprint density at radius 3 is 1.78 bits per heavy atom. The van der Waals surface area contributed by atoms with Crippen LogP contribution in [0.3, 0.4) is 0 Å². The molecule has 0 fully saturated rings. The molecule has 1 N–H and O–H groups in total. The van der Waals surface area contributed by atoms with E-state index in [-0.39, 0.29) is 6.10 Å². The van der Waals surface area contributed by atoms with E-state index in [9.17, 15) is 0 Å². The fraction of sp³-hybridized carbons (Fsp3) is 1.00. The maximum atomic E-state index is 9.12. The largest absolute Gasteiger partial charge is 0.393 e. The van der Waals surface area contributed by atoms with E-state index < -0.39 is 0 Å². The molecule has 0 radical (unpaired) electrons. The number of hydrogen-bond acceptors (Lipinski definition) is 1. The third kappa shape index (κ3) is 2.85. The Morgan fingerprint density at radius 2 is 1.67 bits per heavy atom. The molecule has 56 valence electrons. The van der Waals surface area contributed by atoms with Gasteiger partial charge in [-0.1, -0.05) is 27.2 Å². The Hall–Kier alpha value is -0.0400. The third-order valence-corrected chi connectivity index (χ3v) is 2.30. The molecule has 0 aliphatic heterocycles. The SMILES string of the molecule is CC[C@H](C)[C@@H](C)[C@H](C)O. The van der Waals surface area contributed by atoms with Crippen LogP contribution >= 0.6 is 0 Å². The summed E-state index contributed by atoms with van der Waals surface area (Å²) in [6.45, 7) is 8.29. The molecule has 1 nitrogen and oxygen atoms in total. The van der Waals surface area contributed by atoms with Crippen LogP contribution in [-0.4, -0.2) is 11.2 Å². The van der Waals surface area contributed by atoms with E-state index in [1.807, 2.05) is 6.92 Å². The summed E-state index contributed by atoms with van der Waals surface area (Å²) < 4.78 is 0. The van der Waals surface area contributed by atoms with Gasteiger partial charge in [0.1, 0.15) is 0 Å². The maximum absolute atomic E-state index is 9.12. The van der Waals surface area contributed by atoms with Crippen molar-refractivity contribution >= 4 is 0 Å². The van der Waals surface area contributed by atoms with Crippen LogP contribution in [0.15, 0.2) is 0 Å². The van der Waals surface area contributed by atoms with Crippen LogP contribution in [-0.2, 0) is 0 Å². The molecule has 0 bridgehead atoms. The van der Waals surface area contributed by atoms with Gasteiger partial charge in [-0.05, 0) is 18.8 Å². The van der Waals surface area contributed by atoms with Crippen LogP contribution < -0.4 is 0 Å². The first-order valence-corrected chi connectivity index (χ1v) is 3.77. The van der Waals surface area contributed by atoms with Crippen molar-refractivity contribution in [1.29, 1.82) is 0 Å². The van der Waals surface area contributed by atoms with Gasteiger partial charge in [0.2, 0.25) is 0 Å². The van der Waals surface area contributed by atoms with Gasteiger partial charge in [0.15, 0.2) is 0 Å². The molecule has 0 aliphatic carbocycles. The van der Waals surface area contributed by atoms with Crippen LogP contribution in [0.25, 0.3) is 0 Å². The average molecular weight is 130 g/mol. The second kappa shape index (κ2) is 3.89. The summed E-state index contributed by atoms with van der Waals surface area (Å²) in [6.07, 6.45) is 1.01. The van der Waals surface area contributed by atoms with Crippen molar-refractivity contribution in [3.63, 3.8) is 0 Å². The number of aliphatic hydroxyl groups excluding tert-OH is 1. The van der Waals surface area contributed by atoms with E-state index in [4.69, 9.17) is 5.11 Å². The van der Waals surface area contributed by atoms with E-state index in [0.29, 0.717) is 11.8 Å². The zero-order valence-electron chi connectivity index (χ0n) is 6.89. The normalized spacial score (nSPS) is 21.0. The highest BCUT2D eigenvalue weighted by Gasteiger charge is 2.14. The Labute approximate surface area is 58.1 Å². The molecule has 0 rings (SSSR count). The van der Waals surface area contributed by atoms with Crippen molar-refractivity contribution in [3.05, 3.63) is 0 Å². The molecule has 0 heterocycles. The highest BCUT2D eigenvalue weighted by Crippen LogP contribution is 2.17. The molecule has 0 aromatic rings. The second-order valence-electron chi connectivity index (χ2n) is 2.99. The average Bonchev–Trinajstić information content (AvgIpc) is 1.84. The molecular formula is C8H18O. The first-order chi connectivity index (χ1) is 4.09. The Kier molecular flexibility index (Phi) is 3.87. The van der Waals surface area contributed by atoms with E-state index in [1.165, 1.54) is 0 Å². The molecule has 9 heavy (non-hydrogen) atoms. The molecular weight excluding hydrogens is 112 g/mol. The summed E-state index contributed by atoms with van der Waals surface area (Å²) in [5, 5.41) is 9.12. The van der Waals surface area contributed by atoms with Crippen LogP contribution in [0.4, 0.5) is 0 Å². The summed E-state index contributed by atoms with van der Waals surface area (Å²) >= 11 is 0. The summed E-state index contributed by atoms with van der Waals surface area (Å²) in [5.74, 6) is 1.08. The molecule has 1 heteroatoms. The quantitative estimate of drug-likeness (QED) is 0.620. The summed E-state index contributed by atoms with van der Waals surface area (Å²) in [4.78, 5) is 0. The zero-order valence-corrected chi connectivity index (χ0v) is 6.89. The van der Waals surface area contributed by atoms with Gasteiger partial charge in [0, 0.05) is 0 Å². The van der Waals surface area contributed by atoms with Crippen LogP contribution in [0.5, 0.6) is 0 Å². The van der Waals surface area contributed by atoms with Gasteiger partial charge in [-0.2, -0.15) is 0 Å². The Morgan fingerprint density at radius 1 is 1.22 bits per heavy atom. The Bertz CT molecular complexity index is 69.0. The third-order valence-electron chi connectivity index (χ3n) is 2.30. The van der Waals surface area contributed by atoms with Gasteiger partial charge >= 0.3 is 0 Å². The first kappa shape index (κ1) is 8.96. The monoisotopic (exact) mass is 130 g/mol. The molecule has 0 unspecified atom stereocenters. The lowest BCUT2D eigenvalue weighted by atomic mass is 9.90. The van der Waals surface area contributed by atoms with E-state index >= 15 is 0 Å². The number of rotatable bonds is 3. The lowest BCUT2D eigenvalue weighted by molar-refractivity contribution is 0.102. The molecule has 3 atom stereocenters. The standard InChI is InChI=1S/C8H18O/c1-5-6(2)7(3)8(4)9/h6-9H,5H2,1-4H3/t6-,7+,8-/m0/s1. The van der Waals surface area contributed by atoms with Crippen LogP contribution in [0.2, 0.25) is 0 Å². The zero-order chi connectivity index (χ0) is 7.44. The number of hydrogen-bond donors (Lipinski definition) is 1. The van der Waals surface area contributed by atoms with Gasteiger partial charge in [-0.25, -0.2) is 0 Å². The molecule has 0 aromatic carbocycles. The van der Waals surface area contributed by atoms with Crippen molar-refractivity contribution in [2.24, 2.45) is 11.8 Å². The molecule has 0 amide bonds. The highest BCUT2D eigenvalue weighted by molar-refractivity contribution is 4.64. The van der Waals surface area contributed by atoms with E-state index in [1.54, 1.807) is 0 Å². The molecule has 0 aliphatic rings. The summed E-state index contributed by atoms with van der Waals surface area (Å²) in [6, 6.07) is 0. The number of aliphatic hydroxyl groups is 1. The van der Waals surface area contributed by atoms with Crippen molar-refractivity contribution in [3.8, 4) is 0 Å². The maximum Gasteiger partial charge on any atom is 0.0540 e. The predicted octanol–water partition coefficient (Wildman–Crippen LogP) is 2.05. The first-order valence-electron chi connectivity index (χ1n) is 3.77. The van der Waals surface area contributed by atoms with E-state index in [0.717, 1.165) is 6.42 Å². The van der Waals surface area contributed by atoms with Crippen LogP contribution in [0.1, 0.15) is 34.1 Å². The minimum atomic E-state index is -0.153. The molecule has 0 saturated carbocycles. The fourth-order valence-electron chi connectivity index (χ4n) is 0.847. The van der Waals surface area contributed by atoms with Gasteiger partial charge < -0.3 is 5.11 Å². The van der Waals surface area contributed by atoms with Gasteiger partial charge in [0.25, 0.3) is 0 Å². The molecule has 0 aromatic heterocycles. The minimum absolute atomic E-state index is 0.153. The van der Waals surface area contributed by atoms with Crippen molar-refractivity contribution in [1.82, 2.24) is 0 Å². The smallest absolute Gasteiger partial charge is 0.0540 e. The van der Waals surface area contributed by atoms with Crippen molar-refractivity contribution < 1.29 is 5.11 Å². The Balaban J connectivity index is 3.58. The molecule has 0 saturated heterocycles. The second-order valence-corrected chi connectivity index (χ2v) is 2.99. The lowest BCUT2D eigenvalue weighted by Crippen LogP contribution is -2.19. The predicted molar refractivity (Wildman–Crippen MR) is 40.3 cm³/mol. The molecule has 0 spiro atoms. The fourth-order valence-corrected chi connectivity index (χ4v) is 0.847. The van der Waals surface area contributed by atoms with Crippen LogP contribution in [0, 0.1) is 11.8 Å². The highest BCUT2D eigenvalue weighted by atomic mass is 16.3. The summed E-state index contributed by atoms with van der Waals surface area (Å²) in [5.41, 5.74) is 0. The lowest BCUT2D eigenvalue weighted by Gasteiger charge is -2.20. The minimum Gasteiger partial charge on any atom is -0.393 e. The van der Waals surface area contributed by atoms with Gasteiger partial charge in [-0.3, -0.25) is 0 Å².